The van der Waals surface area contributed by atoms with E-state index in [2.05, 4.69) is 36.4 Å². The highest BCUT2D eigenvalue weighted by Gasteiger charge is 2.26. The predicted molar refractivity (Wildman–Crippen MR) is 125 cm³/mol. The Hall–Kier alpha value is -2.22. The van der Waals surface area contributed by atoms with Gasteiger partial charge in [-0.2, -0.15) is 0 Å². The maximum atomic E-state index is 12.6. The number of nitrogens with zero attached hydrogens (tertiary/aromatic N) is 2. The van der Waals surface area contributed by atoms with Crippen LogP contribution in [0, 0.1) is 13.8 Å². The molecule has 2 N–H and O–H groups in total. The number of carbonyl (C=O) groups excluding carboxylic acids is 2. The normalized spacial score (nSPS) is 16.1. The molecule has 0 bridgehead atoms. The van der Waals surface area contributed by atoms with Gasteiger partial charge in [0, 0.05) is 42.0 Å². The number of rotatable bonds is 6. The lowest BCUT2D eigenvalue weighted by Crippen LogP contribution is -2.53. The number of para-hydroxylation sites is 1. The highest BCUT2D eigenvalue weighted by molar-refractivity contribution is 9.10. The van der Waals surface area contributed by atoms with Gasteiger partial charge in [-0.05, 0) is 50.1 Å². The number of hydrogen-bond acceptors (Lipinski definition) is 4. The zero-order valence-electron chi connectivity index (χ0n) is 17.7. The molecule has 1 atom stereocenters. The van der Waals surface area contributed by atoms with E-state index in [9.17, 15) is 9.59 Å². The summed E-state index contributed by atoms with van der Waals surface area (Å²) in [6, 6.07) is 13.4. The van der Waals surface area contributed by atoms with Crippen LogP contribution in [0.3, 0.4) is 0 Å². The van der Waals surface area contributed by atoms with Gasteiger partial charge in [-0.1, -0.05) is 40.2 Å². The van der Waals surface area contributed by atoms with Crippen LogP contribution in [0.25, 0.3) is 0 Å². The average Bonchev–Trinajstić information content (AvgIpc) is 2.71. The number of hydrogen-bond donors (Lipinski definition) is 2. The quantitative estimate of drug-likeness (QED) is 0.673. The van der Waals surface area contributed by atoms with Crippen LogP contribution in [0.5, 0.6) is 0 Å². The molecule has 0 saturated carbocycles. The number of piperazine rings is 1. The predicted octanol–water partition coefficient (Wildman–Crippen LogP) is 3.65. The van der Waals surface area contributed by atoms with Gasteiger partial charge in [0.2, 0.25) is 11.8 Å². The first-order valence-electron chi connectivity index (χ1n) is 10.2. The van der Waals surface area contributed by atoms with Gasteiger partial charge in [0.05, 0.1) is 12.6 Å². The molecule has 1 heterocycles. The number of nitrogens with one attached hydrogen (secondary N) is 2. The summed E-state index contributed by atoms with van der Waals surface area (Å²) in [6.45, 7) is 9.32. The summed E-state index contributed by atoms with van der Waals surface area (Å²) in [5.41, 5.74) is 3.82. The highest BCUT2D eigenvalue weighted by atomic mass is 79.9. The molecule has 3 rings (SSSR count). The van der Waals surface area contributed by atoms with E-state index in [1.807, 2.05) is 63.2 Å². The minimum atomic E-state index is -0.227. The SMILES string of the molecule is Cc1cccc(C)c1NC(=O)CN1CCN(C(C)C(=O)Nc2cccc(Br)c2)CC1. The molecule has 2 aromatic rings. The number of anilines is 2. The minimum Gasteiger partial charge on any atom is -0.325 e. The van der Waals surface area contributed by atoms with Crippen LogP contribution in [-0.2, 0) is 9.59 Å². The smallest absolute Gasteiger partial charge is 0.241 e. The third-order valence-corrected chi connectivity index (χ3v) is 6.03. The van der Waals surface area contributed by atoms with Crippen molar-refractivity contribution >= 4 is 39.1 Å². The molecule has 0 radical (unpaired) electrons. The average molecular weight is 473 g/mol. The summed E-state index contributed by atoms with van der Waals surface area (Å²) in [7, 11) is 0. The number of amides is 2. The van der Waals surface area contributed by atoms with Crippen LogP contribution >= 0.6 is 15.9 Å². The monoisotopic (exact) mass is 472 g/mol. The Morgan fingerprint density at radius 3 is 2.27 bits per heavy atom. The topological polar surface area (TPSA) is 64.7 Å². The molecule has 6 nitrogen and oxygen atoms in total. The van der Waals surface area contributed by atoms with Crippen molar-refractivity contribution in [2.75, 3.05) is 43.4 Å². The Kier molecular flexibility index (Phi) is 7.64. The minimum absolute atomic E-state index is 0.00120. The maximum absolute atomic E-state index is 12.6. The second-order valence-electron chi connectivity index (χ2n) is 7.80. The van der Waals surface area contributed by atoms with Gasteiger partial charge in [-0.3, -0.25) is 19.4 Å². The van der Waals surface area contributed by atoms with Crippen LogP contribution in [0.1, 0.15) is 18.1 Å². The maximum Gasteiger partial charge on any atom is 0.241 e. The lowest BCUT2D eigenvalue weighted by atomic mass is 10.1. The summed E-state index contributed by atoms with van der Waals surface area (Å²) < 4.78 is 0.931. The van der Waals surface area contributed by atoms with Gasteiger partial charge in [0.25, 0.3) is 0 Å². The van der Waals surface area contributed by atoms with Crippen molar-refractivity contribution in [2.45, 2.75) is 26.8 Å². The molecule has 1 fully saturated rings. The molecule has 0 spiro atoms. The van der Waals surface area contributed by atoms with Crippen molar-refractivity contribution in [3.05, 3.63) is 58.1 Å². The van der Waals surface area contributed by atoms with E-state index in [-0.39, 0.29) is 17.9 Å². The third kappa shape index (κ3) is 5.90. The fourth-order valence-corrected chi connectivity index (χ4v) is 4.08. The van der Waals surface area contributed by atoms with Gasteiger partial charge >= 0.3 is 0 Å². The Morgan fingerprint density at radius 2 is 1.63 bits per heavy atom. The van der Waals surface area contributed by atoms with Gasteiger partial charge in [0.15, 0.2) is 0 Å². The molecule has 30 heavy (non-hydrogen) atoms. The number of benzene rings is 2. The zero-order valence-corrected chi connectivity index (χ0v) is 19.3. The molecule has 1 aliphatic rings. The molecule has 2 aromatic carbocycles. The number of carbonyl (C=O) groups is 2. The van der Waals surface area contributed by atoms with E-state index in [4.69, 9.17) is 0 Å². The molecule has 2 amide bonds. The molecule has 1 aliphatic heterocycles. The first-order chi connectivity index (χ1) is 14.3. The van der Waals surface area contributed by atoms with E-state index >= 15 is 0 Å². The lowest BCUT2D eigenvalue weighted by Gasteiger charge is -2.37. The van der Waals surface area contributed by atoms with E-state index in [0.717, 1.165) is 53.2 Å². The van der Waals surface area contributed by atoms with Crippen LogP contribution in [0.4, 0.5) is 11.4 Å². The summed E-state index contributed by atoms with van der Waals surface area (Å²) in [6.07, 6.45) is 0. The Labute approximate surface area is 186 Å². The van der Waals surface area contributed by atoms with Gasteiger partial charge in [-0.25, -0.2) is 0 Å². The van der Waals surface area contributed by atoms with E-state index in [1.54, 1.807) is 0 Å². The number of aryl methyl sites for hydroxylation is 2. The van der Waals surface area contributed by atoms with Crippen molar-refractivity contribution in [1.29, 1.82) is 0 Å². The van der Waals surface area contributed by atoms with Crippen LogP contribution in [-0.4, -0.2) is 60.4 Å². The van der Waals surface area contributed by atoms with Crippen molar-refractivity contribution in [3.63, 3.8) is 0 Å². The van der Waals surface area contributed by atoms with Crippen LogP contribution in [0.15, 0.2) is 46.9 Å². The van der Waals surface area contributed by atoms with Gasteiger partial charge in [0.1, 0.15) is 0 Å². The summed E-state index contributed by atoms with van der Waals surface area (Å²) in [5.74, 6) is -0.0179. The Bertz CT molecular complexity index is 890. The third-order valence-electron chi connectivity index (χ3n) is 5.54. The van der Waals surface area contributed by atoms with Gasteiger partial charge < -0.3 is 10.6 Å². The summed E-state index contributed by atoms with van der Waals surface area (Å²) >= 11 is 3.42. The van der Waals surface area contributed by atoms with E-state index < -0.39 is 0 Å². The van der Waals surface area contributed by atoms with Crippen molar-refractivity contribution in [2.24, 2.45) is 0 Å². The fraction of sp³-hybridized carbons (Fsp3) is 0.391. The molecule has 1 saturated heterocycles. The zero-order chi connectivity index (χ0) is 21.7. The Morgan fingerprint density at radius 1 is 1.00 bits per heavy atom. The van der Waals surface area contributed by atoms with Crippen molar-refractivity contribution < 1.29 is 9.59 Å². The second kappa shape index (κ2) is 10.2. The molecule has 0 aromatic heterocycles. The second-order valence-corrected chi connectivity index (χ2v) is 8.72. The molecular formula is C23H29BrN4O2. The largest absolute Gasteiger partial charge is 0.325 e. The molecule has 0 aliphatic carbocycles. The summed E-state index contributed by atoms with van der Waals surface area (Å²) in [5, 5.41) is 6.02. The highest BCUT2D eigenvalue weighted by Crippen LogP contribution is 2.20. The van der Waals surface area contributed by atoms with Crippen LogP contribution in [0.2, 0.25) is 0 Å². The standard InChI is InChI=1S/C23H29BrN4O2/c1-16-6-4-7-17(2)22(16)26-21(29)15-27-10-12-28(13-11-27)18(3)23(30)25-20-9-5-8-19(24)14-20/h4-9,14,18H,10-13,15H2,1-3H3,(H,25,30)(H,26,29). The van der Waals surface area contributed by atoms with Crippen molar-refractivity contribution in [1.82, 2.24) is 9.80 Å². The van der Waals surface area contributed by atoms with E-state index in [0.29, 0.717) is 6.54 Å². The Balaban J connectivity index is 1.47. The molecule has 7 heteroatoms. The molecular weight excluding hydrogens is 444 g/mol. The van der Waals surface area contributed by atoms with Gasteiger partial charge in [-0.15, -0.1) is 0 Å². The summed E-state index contributed by atoms with van der Waals surface area (Å²) in [4.78, 5) is 29.4. The fourth-order valence-electron chi connectivity index (χ4n) is 3.68. The van der Waals surface area contributed by atoms with Crippen molar-refractivity contribution in [3.8, 4) is 0 Å². The molecule has 160 valence electrons. The first kappa shape index (κ1) is 22.5. The lowest BCUT2D eigenvalue weighted by molar-refractivity contribution is -0.122. The van der Waals surface area contributed by atoms with E-state index in [1.165, 1.54) is 0 Å². The number of halogens is 1. The van der Waals surface area contributed by atoms with Crippen LogP contribution < -0.4 is 10.6 Å². The molecule has 1 unspecified atom stereocenters. The first-order valence-corrected chi connectivity index (χ1v) is 11.0.